The molecule has 6 heteroatoms. The van der Waals surface area contributed by atoms with E-state index in [0.29, 0.717) is 5.75 Å². The molecule has 0 bridgehead atoms. The van der Waals surface area contributed by atoms with E-state index in [4.69, 9.17) is 16.3 Å². The van der Waals surface area contributed by atoms with E-state index in [1.807, 2.05) is 41.3 Å². The zero-order valence-corrected chi connectivity index (χ0v) is 16.4. The summed E-state index contributed by atoms with van der Waals surface area (Å²) in [5.41, 5.74) is 2.37. The number of hydrogen-bond acceptors (Lipinski definition) is 4. The topological polar surface area (TPSA) is 32.8 Å². The minimum absolute atomic E-state index is 0.221. The lowest BCUT2D eigenvalue weighted by Gasteiger charge is -2.36. The molecule has 0 aliphatic carbocycles. The van der Waals surface area contributed by atoms with Crippen LogP contribution in [0, 0.1) is 0 Å². The fraction of sp³-hybridized carbons (Fsp3) is 0.350. The van der Waals surface area contributed by atoms with Crippen LogP contribution in [0.15, 0.2) is 48.5 Å². The van der Waals surface area contributed by atoms with E-state index in [9.17, 15) is 4.79 Å². The molecule has 0 aromatic heterocycles. The summed E-state index contributed by atoms with van der Waals surface area (Å²) in [7, 11) is 1.67. The second-order valence-electron chi connectivity index (χ2n) is 6.19. The number of thioether (sulfide) groups is 1. The number of ether oxygens (including phenoxy) is 1. The number of carbonyl (C=O) groups is 1. The summed E-state index contributed by atoms with van der Waals surface area (Å²) in [6, 6.07) is 15.9. The molecule has 1 fully saturated rings. The van der Waals surface area contributed by atoms with Crippen molar-refractivity contribution in [2.24, 2.45) is 0 Å². The number of piperazine rings is 1. The number of hydrogen-bond donors (Lipinski definition) is 0. The Labute approximate surface area is 164 Å². The van der Waals surface area contributed by atoms with Crippen molar-refractivity contribution in [2.75, 3.05) is 43.9 Å². The van der Waals surface area contributed by atoms with Crippen LogP contribution in [-0.2, 0) is 10.5 Å². The smallest absolute Gasteiger partial charge is 0.232 e. The van der Waals surface area contributed by atoms with Gasteiger partial charge in [-0.2, -0.15) is 0 Å². The highest BCUT2D eigenvalue weighted by Crippen LogP contribution is 2.21. The second-order valence-corrected chi connectivity index (χ2v) is 7.61. The van der Waals surface area contributed by atoms with E-state index >= 15 is 0 Å². The molecule has 26 heavy (non-hydrogen) atoms. The maximum absolute atomic E-state index is 12.4. The monoisotopic (exact) mass is 390 g/mol. The second kappa shape index (κ2) is 9.19. The van der Waals surface area contributed by atoms with Gasteiger partial charge in [-0.25, -0.2) is 0 Å². The molecule has 4 nitrogen and oxygen atoms in total. The molecule has 0 N–H and O–H groups in total. The van der Waals surface area contributed by atoms with Crippen LogP contribution in [0.3, 0.4) is 0 Å². The molecule has 0 radical (unpaired) electrons. The van der Waals surface area contributed by atoms with Crippen LogP contribution in [0.2, 0.25) is 5.02 Å². The van der Waals surface area contributed by atoms with Crippen molar-refractivity contribution in [3.63, 3.8) is 0 Å². The van der Waals surface area contributed by atoms with Gasteiger partial charge in [-0.15, -0.1) is 11.8 Å². The molecule has 1 amide bonds. The predicted molar refractivity (Wildman–Crippen MR) is 109 cm³/mol. The molecule has 1 saturated heterocycles. The number of anilines is 1. The third-order valence-electron chi connectivity index (χ3n) is 4.48. The average molecular weight is 391 g/mol. The zero-order chi connectivity index (χ0) is 18.4. The van der Waals surface area contributed by atoms with Crippen LogP contribution < -0.4 is 9.64 Å². The molecule has 138 valence electrons. The molecule has 0 spiro atoms. The van der Waals surface area contributed by atoms with Crippen molar-refractivity contribution in [3.8, 4) is 5.75 Å². The van der Waals surface area contributed by atoms with Crippen LogP contribution in [-0.4, -0.2) is 49.8 Å². The SMILES string of the molecule is COc1ccc(N2CCN(C(=O)CSCc3ccc(Cl)cc3)CC2)cc1. The van der Waals surface area contributed by atoms with Gasteiger partial charge in [0, 0.05) is 42.6 Å². The van der Waals surface area contributed by atoms with E-state index < -0.39 is 0 Å². The highest BCUT2D eigenvalue weighted by Gasteiger charge is 2.21. The highest BCUT2D eigenvalue weighted by atomic mass is 35.5. The average Bonchev–Trinajstić information content (AvgIpc) is 2.69. The fourth-order valence-electron chi connectivity index (χ4n) is 2.94. The third-order valence-corrected chi connectivity index (χ3v) is 5.72. The number of carbonyl (C=O) groups excluding carboxylic acids is 1. The van der Waals surface area contributed by atoms with Crippen molar-refractivity contribution in [1.82, 2.24) is 4.90 Å². The van der Waals surface area contributed by atoms with Gasteiger partial charge in [0.05, 0.1) is 12.9 Å². The number of methoxy groups -OCH3 is 1. The van der Waals surface area contributed by atoms with Crippen molar-refractivity contribution in [2.45, 2.75) is 5.75 Å². The Morgan fingerprint density at radius 1 is 1.04 bits per heavy atom. The Kier molecular flexibility index (Phi) is 6.69. The fourth-order valence-corrected chi connectivity index (χ4v) is 3.95. The first-order valence-corrected chi connectivity index (χ1v) is 10.2. The molecule has 0 saturated carbocycles. The summed E-state index contributed by atoms with van der Waals surface area (Å²) in [6.45, 7) is 3.26. The molecule has 0 atom stereocenters. The Balaban J connectivity index is 1.42. The Bertz CT molecular complexity index is 714. The number of amides is 1. The summed E-state index contributed by atoms with van der Waals surface area (Å²) in [5, 5.41) is 0.740. The van der Waals surface area contributed by atoms with E-state index in [-0.39, 0.29) is 5.91 Å². The Morgan fingerprint density at radius 3 is 2.31 bits per heavy atom. The van der Waals surface area contributed by atoms with Gasteiger partial charge in [-0.05, 0) is 42.0 Å². The van der Waals surface area contributed by atoms with Crippen LogP contribution >= 0.6 is 23.4 Å². The van der Waals surface area contributed by atoms with Gasteiger partial charge in [0.1, 0.15) is 5.75 Å². The van der Waals surface area contributed by atoms with Gasteiger partial charge in [-0.3, -0.25) is 4.79 Å². The normalized spacial score (nSPS) is 14.4. The first-order valence-electron chi connectivity index (χ1n) is 8.64. The summed E-state index contributed by atoms with van der Waals surface area (Å²) in [4.78, 5) is 16.7. The number of benzene rings is 2. The van der Waals surface area contributed by atoms with E-state index in [1.165, 1.54) is 11.3 Å². The van der Waals surface area contributed by atoms with Crippen LogP contribution in [0.5, 0.6) is 5.75 Å². The van der Waals surface area contributed by atoms with Crippen molar-refractivity contribution < 1.29 is 9.53 Å². The van der Waals surface area contributed by atoms with Crippen molar-refractivity contribution in [3.05, 3.63) is 59.1 Å². The molecule has 1 heterocycles. The molecule has 0 unspecified atom stereocenters. The van der Waals surface area contributed by atoms with Gasteiger partial charge < -0.3 is 14.5 Å². The molecular formula is C20H23ClN2O2S. The summed E-state index contributed by atoms with van der Waals surface area (Å²) < 4.78 is 5.20. The summed E-state index contributed by atoms with van der Waals surface area (Å²) in [5.74, 6) is 2.43. The van der Waals surface area contributed by atoms with Gasteiger partial charge in [0.2, 0.25) is 5.91 Å². The lowest BCUT2D eigenvalue weighted by atomic mass is 10.2. The first kappa shape index (κ1) is 18.9. The molecule has 1 aliphatic rings. The molecule has 2 aromatic carbocycles. The van der Waals surface area contributed by atoms with Crippen LogP contribution in [0.25, 0.3) is 0 Å². The lowest BCUT2D eigenvalue weighted by molar-refractivity contribution is -0.128. The van der Waals surface area contributed by atoms with Gasteiger partial charge in [-0.1, -0.05) is 23.7 Å². The van der Waals surface area contributed by atoms with Crippen molar-refractivity contribution in [1.29, 1.82) is 0 Å². The Hall–Kier alpha value is -1.85. The van der Waals surface area contributed by atoms with E-state index in [2.05, 4.69) is 17.0 Å². The predicted octanol–water partition coefficient (Wildman–Crippen LogP) is 3.93. The third kappa shape index (κ3) is 5.08. The minimum Gasteiger partial charge on any atom is -0.497 e. The lowest BCUT2D eigenvalue weighted by Crippen LogP contribution is -2.49. The van der Waals surface area contributed by atoms with Crippen LogP contribution in [0.4, 0.5) is 5.69 Å². The maximum atomic E-state index is 12.4. The number of rotatable bonds is 6. The summed E-state index contributed by atoms with van der Waals surface area (Å²) in [6.07, 6.45) is 0. The van der Waals surface area contributed by atoms with Crippen molar-refractivity contribution >= 4 is 35.0 Å². The van der Waals surface area contributed by atoms with Gasteiger partial charge >= 0.3 is 0 Å². The molecule has 1 aliphatic heterocycles. The first-order chi connectivity index (χ1) is 12.7. The van der Waals surface area contributed by atoms with E-state index in [0.717, 1.165) is 42.7 Å². The van der Waals surface area contributed by atoms with Gasteiger partial charge in [0.25, 0.3) is 0 Å². The molecular weight excluding hydrogens is 368 g/mol. The zero-order valence-electron chi connectivity index (χ0n) is 14.9. The van der Waals surface area contributed by atoms with Gasteiger partial charge in [0.15, 0.2) is 0 Å². The highest BCUT2D eigenvalue weighted by molar-refractivity contribution is 7.99. The number of halogens is 1. The molecule has 2 aromatic rings. The van der Waals surface area contributed by atoms with E-state index in [1.54, 1.807) is 18.9 Å². The Morgan fingerprint density at radius 2 is 1.69 bits per heavy atom. The maximum Gasteiger partial charge on any atom is 0.232 e. The summed E-state index contributed by atoms with van der Waals surface area (Å²) >= 11 is 7.54. The van der Waals surface area contributed by atoms with Crippen LogP contribution in [0.1, 0.15) is 5.56 Å². The standard InChI is InChI=1S/C20H23ClN2O2S/c1-25-19-8-6-18(7-9-19)22-10-12-23(13-11-22)20(24)15-26-14-16-2-4-17(21)5-3-16/h2-9H,10-15H2,1H3. The largest absolute Gasteiger partial charge is 0.497 e. The minimum atomic E-state index is 0.221. The quantitative estimate of drug-likeness (QED) is 0.748. The molecule has 3 rings (SSSR count). The number of nitrogens with zero attached hydrogens (tertiary/aromatic N) is 2.